The molecular formula is C19H31N5. The average molecular weight is 329 g/mol. The molecule has 0 spiro atoms. The molecule has 2 heterocycles. The van der Waals surface area contributed by atoms with Crippen molar-refractivity contribution in [3.8, 4) is 0 Å². The van der Waals surface area contributed by atoms with Crippen LogP contribution in [0.25, 0.3) is 0 Å². The summed E-state index contributed by atoms with van der Waals surface area (Å²) >= 11 is 0. The van der Waals surface area contributed by atoms with Gasteiger partial charge in [0.05, 0.1) is 12.4 Å². The molecule has 132 valence electrons. The first-order valence-corrected chi connectivity index (χ1v) is 9.65. The highest BCUT2D eigenvalue weighted by molar-refractivity contribution is 5.80. The quantitative estimate of drug-likeness (QED) is 0.682. The van der Waals surface area contributed by atoms with E-state index in [2.05, 4.69) is 37.9 Å². The second-order valence-corrected chi connectivity index (χ2v) is 8.18. The van der Waals surface area contributed by atoms with Gasteiger partial charge >= 0.3 is 0 Å². The molecule has 2 atom stereocenters. The van der Waals surface area contributed by atoms with E-state index in [1.54, 1.807) is 0 Å². The Labute approximate surface area is 145 Å². The monoisotopic (exact) mass is 329 g/mol. The number of aromatic nitrogens is 2. The molecule has 0 bridgehead atoms. The minimum absolute atomic E-state index is 0.487. The van der Waals surface area contributed by atoms with E-state index in [0.717, 1.165) is 31.5 Å². The molecule has 1 aromatic heterocycles. The Morgan fingerprint density at radius 1 is 1.33 bits per heavy atom. The summed E-state index contributed by atoms with van der Waals surface area (Å²) in [7, 11) is 1.93. The topological polar surface area (TPSA) is 45.5 Å². The molecule has 24 heavy (non-hydrogen) atoms. The van der Waals surface area contributed by atoms with Crippen molar-refractivity contribution in [1.82, 2.24) is 19.8 Å². The molecular weight excluding hydrogens is 298 g/mol. The molecule has 3 aliphatic rings. The van der Waals surface area contributed by atoms with Gasteiger partial charge in [-0.05, 0) is 49.4 Å². The zero-order chi connectivity index (χ0) is 16.6. The van der Waals surface area contributed by atoms with Crippen LogP contribution in [-0.4, -0.2) is 47.1 Å². The second kappa shape index (κ2) is 6.41. The number of hydrogen-bond acceptors (Lipinski definition) is 2. The lowest BCUT2D eigenvalue weighted by Crippen LogP contribution is -2.52. The molecule has 1 aromatic rings. The van der Waals surface area contributed by atoms with Crippen LogP contribution >= 0.6 is 0 Å². The predicted octanol–water partition coefficient (Wildman–Crippen LogP) is 2.92. The highest BCUT2D eigenvalue weighted by atomic mass is 15.3. The van der Waals surface area contributed by atoms with Crippen LogP contribution in [0.15, 0.2) is 23.7 Å². The lowest BCUT2D eigenvalue weighted by atomic mass is 9.65. The molecule has 0 radical (unpaired) electrons. The number of likely N-dealkylation sites (tertiary alicyclic amines) is 1. The van der Waals surface area contributed by atoms with E-state index in [1.165, 1.54) is 38.5 Å². The number of guanidine groups is 1. The van der Waals surface area contributed by atoms with Gasteiger partial charge in [-0.3, -0.25) is 4.99 Å². The van der Waals surface area contributed by atoms with Crippen LogP contribution in [0.4, 0.5) is 0 Å². The molecule has 0 aromatic carbocycles. The van der Waals surface area contributed by atoms with E-state index in [9.17, 15) is 0 Å². The third-order valence-corrected chi connectivity index (χ3v) is 6.73. The van der Waals surface area contributed by atoms with Crippen molar-refractivity contribution in [1.29, 1.82) is 0 Å². The smallest absolute Gasteiger partial charge is 0.193 e. The molecule has 4 rings (SSSR count). The van der Waals surface area contributed by atoms with Gasteiger partial charge in [0.25, 0.3) is 0 Å². The molecule has 1 aliphatic heterocycles. The molecule has 5 heteroatoms. The van der Waals surface area contributed by atoms with E-state index < -0.39 is 0 Å². The fourth-order valence-electron chi connectivity index (χ4n) is 4.74. The number of piperidine rings is 1. The van der Waals surface area contributed by atoms with Crippen LogP contribution in [-0.2, 0) is 0 Å². The Bertz CT molecular complexity index is 571. The van der Waals surface area contributed by atoms with Crippen molar-refractivity contribution in [2.24, 2.45) is 22.2 Å². The third kappa shape index (κ3) is 2.93. The lowest BCUT2D eigenvalue weighted by Gasteiger charge is -2.44. The molecule has 2 unspecified atom stereocenters. The Balaban J connectivity index is 1.39. The number of rotatable bonds is 4. The average Bonchev–Trinajstić information content (AvgIpc) is 3.25. The van der Waals surface area contributed by atoms with Gasteiger partial charge in [-0.2, -0.15) is 0 Å². The van der Waals surface area contributed by atoms with Crippen molar-refractivity contribution >= 4 is 5.96 Å². The van der Waals surface area contributed by atoms with E-state index in [1.807, 2.05) is 19.6 Å². The van der Waals surface area contributed by atoms with Crippen LogP contribution in [0.5, 0.6) is 0 Å². The molecule has 1 saturated heterocycles. The van der Waals surface area contributed by atoms with Gasteiger partial charge in [-0.15, -0.1) is 0 Å². The number of nitrogens with one attached hydrogen (secondary N) is 1. The van der Waals surface area contributed by atoms with Crippen molar-refractivity contribution in [2.75, 3.05) is 26.7 Å². The van der Waals surface area contributed by atoms with Crippen LogP contribution in [0, 0.1) is 17.3 Å². The fourth-order valence-corrected chi connectivity index (χ4v) is 4.74. The van der Waals surface area contributed by atoms with E-state index in [4.69, 9.17) is 0 Å². The normalized spacial score (nSPS) is 30.1. The van der Waals surface area contributed by atoms with Crippen LogP contribution in [0.3, 0.4) is 0 Å². The van der Waals surface area contributed by atoms with E-state index >= 15 is 0 Å². The SMILES string of the molecule is CN=C(NCC1(C2CC2)CCC1)N1CCC(C)C(n2ccnc2)C1. The van der Waals surface area contributed by atoms with E-state index in [-0.39, 0.29) is 0 Å². The van der Waals surface area contributed by atoms with Gasteiger partial charge in [0.2, 0.25) is 0 Å². The van der Waals surface area contributed by atoms with Crippen molar-refractivity contribution in [2.45, 2.75) is 51.5 Å². The van der Waals surface area contributed by atoms with Gasteiger partial charge in [-0.1, -0.05) is 13.3 Å². The Morgan fingerprint density at radius 3 is 2.75 bits per heavy atom. The van der Waals surface area contributed by atoms with Crippen molar-refractivity contribution in [3.63, 3.8) is 0 Å². The highest BCUT2D eigenvalue weighted by Crippen LogP contribution is 2.56. The standard InChI is InChI=1S/C19H31N5/c1-15-6-10-23(12-17(15)24-11-9-21-14-24)18(20-2)22-13-19(7-3-8-19)16-4-5-16/h9,11,14-17H,3-8,10,12-13H2,1-2H3,(H,20,22). The predicted molar refractivity (Wildman–Crippen MR) is 97.0 cm³/mol. The van der Waals surface area contributed by atoms with Gasteiger partial charge < -0.3 is 14.8 Å². The summed E-state index contributed by atoms with van der Waals surface area (Å²) in [5.41, 5.74) is 0.586. The minimum Gasteiger partial charge on any atom is -0.356 e. The summed E-state index contributed by atoms with van der Waals surface area (Å²) in [5, 5.41) is 3.73. The zero-order valence-electron chi connectivity index (χ0n) is 15.1. The number of aliphatic imine (C=N–C) groups is 1. The molecule has 1 N–H and O–H groups in total. The maximum absolute atomic E-state index is 4.60. The Morgan fingerprint density at radius 2 is 2.17 bits per heavy atom. The Kier molecular flexibility index (Phi) is 4.27. The van der Waals surface area contributed by atoms with Gasteiger partial charge in [0.1, 0.15) is 0 Å². The molecule has 5 nitrogen and oxygen atoms in total. The third-order valence-electron chi connectivity index (χ3n) is 6.73. The summed E-state index contributed by atoms with van der Waals surface area (Å²) in [4.78, 5) is 11.3. The Hall–Kier alpha value is -1.52. The van der Waals surface area contributed by atoms with Crippen molar-refractivity contribution < 1.29 is 0 Å². The lowest BCUT2D eigenvalue weighted by molar-refractivity contribution is 0.103. The van der Waals surface area contributed by atoms with Gasteiger partial charge in [-0.25, -0.2) is 4.98 Å². The summed E-state index contributed by atoms with van der Waals surface area (Å²) < 4.78 is 2.27. The van der Waals surface area contributed by atoms with E-state index in [0.29, 0.717) is 17.4 Å². The zero-order valence-corrected chi connectivity index (χ0v) is 15.1. The number of nitrogens with zero attached hydrogens (tertiary/aromatic N) is 4. The number of hydrogen-bond donors (Lipinski definition) is 1. The molecule has 2 aliphatic carbocycles. The molecule has 0 amide bonds. The summed E-state index contributed by atoms with van der Waals surface area (Å²) in [6.45, 7) is 5.59. The summed E-state index contributed by atoms with van der Waals surface area (Å²) in [6, 6.07) is 0.487. The maximum Gasteiger partial charge on any atom is 0.193 e. The summed E-state index contributed by atoms with van der Waals surface area (Å²) in [6.07, 6.45) is 14.3. The first kappa shape index (κ1) is 16.0. The van der Waals surface area contributed by atoms with Gasteiger partial charge in [0.15, 0.2) is 5.96 Å². The maximum atomic E-state index is 4.60. The molecule has 3 fully saturated rings. The first-order valence-electron chi connectivity index (χ1n) is 9.65. The molecule has 2 saturated carbocycles. The fraction of sp³-hybridized carbons (Fsp3) is 0.789. The largest absolute Gasteiger partial charge is 0.356 e. The van der Waals surface area contributed by atoms with Crippen LogP contribution in [0.2, 0.25) is 0 Å². The second-order valence-electron chi connectivity index (χ2n) is 8.18. The van der Waals surface area contributed by atoms with Gasteiger partial charge in [0, 0.05) is 39.1 Å². The van der Waals surface area contributed by atoms with Crippen LogP contribution < -0.4 is 5.32 Å². The summed E-state index contributed by atoms with van der Waals surface area (Å²) in [5.74, 6) is 2.76. The first-order chi connectivity index (χ1) is 11.7. The highest BCUT2D eigenvalue weighted by Gasteiger charge is 2.49. The van der Waals surface area contributed by atoms with Crippen LogP contribution in [0.1, 0.15) is 51.5 Å². The minimum atomic E-state index is 0.487. The number of imidazole rings is 1. The van der Waals surface area contributed by atoms with Crippen molar-refractivity contribution in [3.05, 3.63) is 18.7 Å².